The van der Waals surface area contributed by atoms with Crippen molar-refractivity contribution in [3.05, 3.63) is 30.5 Å². The van der Waals surface area contributed by atoms with E-state index in [1.807, 2.05) is 0 Å². The highest BCUT2D eigenvalue weighted by Gasteiger charge is 2.12. The minimum Gasteiger partial charge on any atom is -0.494 e. The fourth-order valence-corrected chi connectivity index (χ4v) is 1.35. The minimum atomic E-state index is -0.0977. The molecule has 1 aromatic carbocycles. The third kappa shape index (κ3) is 3.00. The number of hydrogen-bond donors (Lipinski definition) is 4. The number of anilines is 1. The molecule has 0 heterocycles. The van der Waals surface area contributed by atoms with Gasteiger partial charge in [0.05, 0.1) is 19.9 Å². The lowest BCUT2D eigenvalue weighted by molar-refractivity contribution is 0.398. The van der Waals surface area contributed by atoms with Crippen LogP contribution in [0.1, 0.15) is 0 Å². The summed E-state index contributed by atoms with van der Waals surface area (Å²) in [5, 5.41) is 18.1. The third-order valence-corrected chi connectivity index (χ3v) is 2.21. The van der Waals surface area contributed by atoms with Crippen LogP contribution in [-0.4, -0.2) is 25.8 Å². The molecule has 0 amide bonds. The van der Waals surface area contributed by atoms with Crippen LogP contribution in [0.25, 0.3) is 0 Å². The number of nitrogens with two attached hydrogens (primary N) is 1. The first-order valence-corrected chi connectivity index (χ1v) is 5.17. The number of hydrogen-bond acceptors (Lipinski definition) is 5. The van der Waals surface area contributed by atoms with Gasteiger partial charge in [0.2, 0.25) is 0 Å². The van der Waals surface area contributed by atoms with Gasteiger partial charge in [0.15, 0.2) is 0 Å². The summed E-state index contributed by atoms with van der Waals surface area (Å²) in [5.41, 5.74) is 5.64. The summed E-state index contributed by atoms with van der Waals surface area (Å²) in [6.45, 7) is 0. The van der Waals surface area contributed by atoms with Crippen molar-refractivity contribution in [3.63, 3.8) is 0 Å². The van der Waals surface area contributed by atoms with E-state index in [-0.39, 0.29) is 11.5 Å². The number of methoxy groups -OCH3 is 2. The second-order valence-corrected chi connectivity index (χ2v) is 3.31. The van der Waals surface area contributed by atoms with Gasteiger partial charge in [-0.25, -0.2) is 0 Å². The molecular formula is C12H16N4O2. The molecule has 1 rings (SSSR count). The van der Waals surface area contributed by atoms with Gasteiger partial charge in [-0.2, -0.15) is 0 Å². The van der Waals surface area contributed by atoms with E-state index in [4.69, 9.17) is 26.0 Å². The highest BCUT2D eigenvalue weighted by molar-refractivity contribution is 6.47. The Hall–Kier alpha value is -2.50. The highest BCUT2D eigenvalue weighted by Crippen LogP contribution is 2.33. The van der Waals surface area contributed by atoms with Crippen LogP contribution in [0.4, 0.5) is 5.69 Å². The van der Waals surface area contributed by atoms with Crippen LogP contribution >= 0.6 is 0 Å². The molecule has 5 N–H and O–H groups in total. The van der Waals surface area contributed by atoms with Crippen LogP contribution < -0.4 is 20.5 Å². The minimum absolute atomic E-state index is 0.0366. The van der Waals surface area contributed by atoms with Crippen LogP contribution in [-0.2, 0) is 0 Å². The summed E-state index contributed by atoms with van der Waals surface area (Å²) in [5.74, 6) is 0.965. The SMILES string of the molecule is COc1cccc(OC)c1NC(=N)C(=N)/C=C\N. The highest BCUT2D eigenvalue weighted by atomic mass is 16.5. The predicted octanol–water partition coefficient (Wildman–Crippen LogP) is 1.59. The zero-order valence-electron chi connectivity index (χ0n) is 10.3. The number of para-hydroxylation sites is 1. The van der Waals surface area contributed by atoms with Crippen molar-refractivity contribution in [2.75, 3.05) is 19.5 Å². The largest absolute Gasteiger partial charge is 0.494 e. The van der Waals surface area contributed by atoms with Crippen molar-refractivity contribution in [1.29, 1.82) is 10.8 Å². The smallest absolute Gasteiger partial charge is 0.148 e. The molecule has 0 aliphatic rings. The van der Waals surface area contributed by atoms with Gasteiger partial charge in [-0.15, -0.1) is 0 Å². The van der Waals surface area contributed by atoms with Gasteiger partial charge in [0, 0.05) is 0 Å². The Labute approximate surface area is 105 Å². The van der Waals surface area contributed by atoms with E-state index in [1.165, 1.54) is 26.5 Å². The van der Waals surface area contributed by atoms with Crippen LogP contribution in [0.2, 0.25) is 0 Å². The monoisotopic (exact) mass is 248 g/mol. The number of rotatable bonds is 5. The number of nitrogens with one attached hydrogen (secondary N) is 3. The van der Waals surface area contributed by atoms with Gasteiger partial charge in [0.25, 0.3) is 0 Å². The number of ether oxygens (including phenoxy) is 2. The molecule has 0 bridgehead atoms. The second-order valence-electron chi connectivity index (χ2n) is 3.31. The molecule has 1 aromatic rings. The maximum atomic E-state index is 7.73. The maximum absolute atomic E-state index is 7.73. The van der Waals surface area contributed by atoms with E-state index in [0.717, 1.165) is 0 Å². The number of amidine groups is 1. The second kappa shape index (κ2) is 6.29. The van der Waals surface area contributed by atoms with E-state index in [1.54, 1.807) is 18.2 Å². The zero-order chi connectivity index (χ0) is 13.5. The van der Waals surface area contributed by atoms with Crippen molar-refractivity contribution in [1.82, 2.24) is 0 Å². The van der Waals surface area contributed by atoms with E-state index in [2.05, 4.69) is 5.32 Å². The Kier molecular flexibility index (Phi) is 4.74. The van der Waals surface area contributed by atoms with E-state index >= 15 is 0 Å². The Bertz CT molecular complexity index is 461. The fraction of sp³-hybridized carbons (Fsp3) is 0.167. The van der Waals surface area contributed by atoms with Gasteiger partial charge in [0.1, 0.15) is 23.0 Å². The van der Waals surface area contributed by atoms with E-state index < -0.39 is 0 Å². The summed E-state index contributed by atoms with van der Waals surface area (Å²) in [4.78, 5) is 0. The van der Waals surface area contributed by atoms with Gasteiger partial charge in [-0.1, -0.05) is 6.07 Å². The topological polar surface area (TPSA) is 104 Å². The van der Waals surface area contributed by atoms with Crippen molar-refractivity contribution in [2.24, 2.45) is 5.73 Å². The Morgan fingerprint density at radius 3 is 2.22 bits per heavy atom. The average Bonchev–Trinajstić information content (AvgIpc) is 2.39. The van der Waals surface area contributed by atoms with Crippen molar-refractivity contribution in [2.45, 2.75) is 0 Å². The molecule has 6 heteroatoms. The zero-order valence-corrected chi connectivity index (χ0v) is 10.3. The van der Waals surface area contributed by atoms with Gasteiger partial charge >= 0.3 is 0 Å². The van der Waals surface area contributed by atoms with E-state index in [9.17, 15) is 0 Å². The molecule has 0 spiro atoms. The molecule has 0 atom stereocenters. The third-order valence-electron chi connectivity index (χ3n) is 2.21. The Morgan fingerprint density at radius 1 is 1.22 bits per heavy atom. The molecule has 0 aliphatic heterocycles. The molecule has 18 heavy (non-hydrogen) atoms. The van der Waals surface area contributed by atoms with Crippen LogP contribution in [0.3, 0.4) is 0 Å². The predicted molar refractivity (Wildman–Crippen MR) is 71.9 cm³/mol. The summed E-state index contributed by atoms with van der Waals surface area (Å²) >= 11 is 0. The Morgan fingerprint density at radius 2 is 1.78 bits per heavy atom. The first kappa shape index (κ1) is 13.6. The van der Waals surface area contributed by atoms with E-state index in [0.29, 0.717) is 17.2 Å². The average molecular weight is 248 g/mol. The normalized spacial score (nSPS) is 10.1. The quantitative estimate of drug-likeness (QED) is 0.469. The van der Waals surface area contributed by atoms with Crippen LogP contribution in [0, 0.1) is 10.8 Å². The van der Waals surface area contributed by atoms with Crippen molar-refractivity contribution >= 4 is 17.2 Å². The van der Waals surface area contributed by atoms with Gasteiger partial charge in [-0.3, -0.25) is 10.8 Å². The summed E-state index contributed by atoms with van der Waals surface area (Å²) < 4.78 is 10.4. The first-order valence-electron chi connectivity index (χ1n) is 5.17. The number of benzene rings is 1. The first-order chi connectivity index (χ1) is 8.63. The lowest BCUT2D eigenvalue weighted by Crippen LogP contribution is -2.20. The summed E-state index contributed by atoms with van der Waals surface area (Å²) in [7, 11) is 3.04. The Balaban J connectivity index is 3.02. The van der Waals surface area contributed by atoms with Crippen LogP contribution in [0.5, 0.6) is 11.5 Å². The molecule has 0 saturated heterocycles. The summed E-state index contributed by atoms with van der Waals surface area (Å²) in [6, 6.07) is 5.25. The molecular weight excluding hydrogens is 232 g/mol. The molecule has 0 aromatic heterocycles. The van der Waals surface area contributed by atoms with Gasteiger partial charge in [-0.05, 0) is 24.4 Å². The molecule has 0 fully saturated rings. The lowest BCUT2D eigenvalue weighted by Gasteiger charge is -2.14. The molecule has 0 unspecified atom stereocenters. The standard InChI is InChI=1S/C12H16N4O2/c1-17-9-4-3-5-10(18-2)11(9)16-12(15)8(14)6-7-13/h3-7,14H,13H2,1-2H3,(H2,15,16)/b7-6-,14-8?. The molecule has 0 aliphatic carbocycles. The maximum Gasteiger partial charge on any atom is 0.148 e. The van der Waals surface area contributed by atoms with Gasteiger partial charge < -0.3 is 20.5 Å². The lowest BCUT2D eigenvalue weighted by atomic mass is 10.2. The van der Waals surface area contributed by atoms with Crippen LogP contribution in [0.15, 0.2) is 30.5 Å². The molecule has 96 valence electrons. The van der Waals surface area contributed by atoms with Crippen molar-refractivity contribution < 1.29 is 9.47 Å². The molecule has 6 nitrogen and oxygen atoms in total. The fourth-order valence-electron chi connectivity index (χ4n) is 1.35. The summed E-state index contributed by atoms with van der Waals surface area (Å²) in [6.07, 6.45) is 2.52. The molecule has 0 radical (unpaired) electrons. The van der Waals surface area contributed by atoms with Crippen molar-refractivity contribution in [3.8, 4) is 11.5 Å². The molecule has 0 saturated carbocycles.